The lowest BCUT2D eigenvalue weighted by molar-refractivity contribution is -0.123. The second-order valence-electron chi connectivity index (χ2n) is 14.9. The van der Waals surface area contributed by atoms with Crippen molar-refractivity contribution in [2.24, 2.45) is 5.73 Å². The summed E-state index contributed by atoms with van der Waals surface area (Å²) < 4.78 is 22.1. The molecule has 3 unspecified atom stereocenters. The fraction of sp³-hybridized carbons (Fsp3) is 0.884. The Kier molecular flexibility index (Phi) is 38.9. The van der Waals surface area contributed by atoms with E-state index in [1.54, 1.807) is 6.08 Å². The van der Waals surface area contributed by atoms with Gasteiger partial charge in [-0.2, -0.15) is 0 Å². The van der Waals surface area contributed by atoms with Crippen LogP contribution < -0.4 is 11.1 Å². The fourth-order valence-corrected chi connectivity index (χ4v) is 7.20. The Bertz CT molecular complexity index is 871. The highest BCUT2D eigenvalue weighted by atomic mass is 31.2. The number of hydrogen-bond acceptors (Lipinski definition) is 6. The van der Waals surface area contributed by atoms with Crippen molar-refractivity contribution in [1.29, 1.82) is 0 Å². The molecule has 9 heteroatoms. The van der Waals surface area contributed by atoms with Crippen LogP contribution in [0.15, 0.2) is 24.3 Å². The van der Waals surface area contributed by atoms with E-state index in [4.69, 9.17) is 14.8 Å². The van der Waals surface area contributed by atoms with Gasteiger partial charge < -0.3 is 21.1 Å². The van der Waals surface area contributed by atoms with Gasteiger partial charge in [-0.3, -0.25) is 13.8 Å². The molecule has 52 heavy (non-hydrogen) atoms. The molecule has 0 saturated carbocycles. The molecule has 0 rings (SSSR count). The minimum atomic E-state index is -4.34. The van der Waals surface area contributed by atoms with Gasteiger partial charge in [0.05, 0.1) is 25.4 Å². The Hall–Kier alpha value is -1.02. The monoisotopic (exact) mass is 757 g/mol. The maximum atomic E-state index is 12.7. The summed E-state index contributed by atoms with van der Waals surface area (Å²) in [6.45, 7) is 4.13. The van der Waals surface area contributed by atoms with E-state index in [1.807, 2.05) is 6.08 Å². The van der Waals surface area contributed by atoms with E-state index >= 15 is 0 Å². The van der Waals surface area contributed by atoms with Crippen LogP contribution in [0.4, 0.5) is 0 Å². The SMILES string of the molecule is CCCCCCCCCCC/C=C/CC/C=C/C(O)C(COP(=O)(O)OCCN)NC(=O)CCCCCCCCCCCCCCCCCCCC. The molecule has 0 aromatic heterocycles. The molecular weight excluding hydrogens is 671 g/mol. The molecule has 8 nitrogen and oxygen atoms in total. The lowest BCUT2D eigenvalue weighted by Gasteiger charge is -2.23. The van der Waals surface area contributed by atoms with E-state index in [-0.39, 0.29) is 25.7 Å². The molecule has 0 saturated heterocycles. The van der Waals surface area contributed by atoms with Gasteiger partial charge >= 0.3 is 7.82 Å². The number of unbranched alkanes of at least 4 members (excludes halogenated alkanes) is 27. The molecule has 0 aromatic carbocycles. The van der Waals surface area contributed by atoms with Crippen molar-refractivity contribution in [2.45, 2.75) is 225 Å². The van der Waals surface area contributed by atoms with Crippen molar-refractivity contribution >= 4 is 13.7 Å². The maximum absolute atomic E-state index is 12.7. The zero-order valence-corrected chi connectivity index (χ0v) is 35.0. The third kappa shape index (κ3) is 37.3. The van der Waals surface area contributed by atoms with Crippen LogP contribution in [-0.4, -0.2) is 47.8 Å². The zero-order chi connectivity index (χ0) is 38.2. The Morgan fingerprint density at radius 1 is 0.615 bits per heavy atom. The van der Waals surface area contributed by atoms with Gasteiger partial charge in [0.1, 0.15) is 0 Å². The molecule has 0 aromatic rings. The molecular formula is C43H85N2O6P. The van der Waals surface area contributed by atoms with Gasteiger partial charge in [-0.1, -0.05) is 199 Å². The molecule has 0 aliphatic carbocycles. The summed E-state index contributed by atoms with van der Waals surface area (Å²) in [4.78, 5) is 22.7. The Balaban J connectivity index is 4.22. The van der Waals surface area contributed by atoms with Crippen molar-refractivity contribution in [3.05, 3.63) is 24.3 Å². The fourth-order valence-electron chi connectivity index (χ4n) is 6.44. The number of allylic oxidation sites excluding steroid dienone is 3. The number of carbonyl (C=O) groups is 1. The van der Waals surface area contributed by atoms with E-state index in [0.717, 1.165) is 38.5 Å². The summed E-state index contributed by atoms with van der Waals surface area (Å²) >= 11 is 0. The summed E-state index contributed by atoms with van der Waals surface area (Å²) in [5.74, 6) is -0.201. The summed E-state index contributed by atoms with van der Waals surface area (Å²) in [5, 5.41) is 13.6. The third-order valence-electron chi connectivity index (χ3n) is 9.78. The van der Waals surface area contributed by atoms with Crippen LogP contribution in [0.5, 0.6) is 0 Å². The van der Waals surface area contributed by atoms with E-state index in [1.165, 1.54) is 154 Å². The molecule has 0 aliphatic heterocycles. The van der Waals surface area contributed by atoms with Gasteiger partial charge in [-0.05, 0) is 32.1 Å². The predicted octanol–water partition coefficient (Wildman–Crippen LogP) is 12.2. The molecule has 5 N–H and O–H groups in total. The van der Waals surface area contributed by atoms with Gasteiger partial charge in [-0.15, -0.1) is 0 Å². The molecule has 0 fully saturated rings. The Morgan fingerprint density at radius 2 is 1.02 bits per heavy atom. The summed E-state index contributed by atoms with van der Waals surface area (Å²) in [5.41, 5.74) is 5.37. The average Bonchev–Trinajstić information content (AvgIpc) is 3.13. The first kappa shape index (κ1) is 51.0. The summed E-state index contributed by atoms with van der Waals surface area (Å²) in [6.07, 6.45) is 45.1. The van der Waals surface area contributed by atoms with Gasteiger partial charge in [0.2, 0.25) is 5.91 Å². The minimum Gasteiger partial charge on any atom is -0.387 e. The Labute approximate surface area is 321 Å². The topological polar surface area (TPSA) is 131 Å². The number of aliphatic hydroxyl groups is 1. The van der Waals surface area contributed by atoms with Gasteiger partial charge in [0, 0.05) is 13.0 Å². The Morgan fingerprint density at radius 3 is 1.48 bits per heavy atom. The second-order valence-corrected chi connectivity index (χ2v) is 16.4. The van der Waals surface area contributed by atoms with Crippen molar-refractivity contribution in [3.8, 4) is 0 Å². The van der Waals surface area contributed by atoms with Crippen LogP contribution in [0.1, 0.15) is 213 Å². The standard InChI is InChI=1S/C43H85N2O6P/c1-3-5-7-9-11-13-15-17-19-20-21-23-25-27-29-31-33-35-37-43(47)45-41(40-51-52(48,49)50-39-38-44)42(46)36-34-32-30-28-26-24-22-18-16-14-12-10-8-6-4-2/h26,28,34,36,41-42,46H,3-25,27,29-33,35,37-40,44H2,1-2H3,(H,45,47)(H,48,49)/b28-26+,36-34+. The van der Waals surface area contributed by atoms with Crippen molar-refractivity contribution in [3.63, 3.8) is 0 Å². The number of nitrogens with one attached hydrogen (secondary N) is 1. The highest BCUT2D eigenvalue weighted by Crippen LogP contribution is 2.43. The third-order valence-corrected chi connectivity index (χ3v) is 10.8. The largest absolute Gasteiger partial charge is 0.472 e. The molecule has 0 radical (unpaired) electrons. The molecule has 308 valence electrons. The minimum absolute atomic E-state index is 0.0759. The summed E-state index contributed by atoms with van der Waals surface area (Å²) in [7, 11) is -4.34. The maximum Gasteiger partial charge on any atom is 0.472 e. The first-order valence-electron chi connectivity index (χ1n) is 22.0. The number of phosphoric acid groups is 1. The molecule has 3 atom stereocenters. The quantitative estimate of drug-likeness (QED) is 0.0277. The number of nitrogens with two attached hydrogens (primary N) is 1. The molecule has 0 spiro atoms. The molecule has 1 amide bonds. The summed E-state index contributed by atoms with van der Waals surface area (Å²) in [6, 6.07) is -0.872. The van der Waals surface area contributed by atoms with E-state index < -0.39 is 20.0 Å². The van der Waals surface area contributed by atoms with Crippen molar-refractivity contribution in [1.82, 2.24) is 5.32 Å². The predicted molar refractivity (Wildman–Crippen MR) is 221 cm³/mol. The van der Waals surface area contributed by atoms with Crippen LogP contribution in [0, 0.1) is 0 Å². The highest BCUT2D eigenvalue weighted by molar-refractivity contribution is 7.47. The van der Waals surface area contributed by atoms with Gasteiger partial charge in [0.15, 0.2) is 0 Å². The lowest BCUT2D eigenvalue weighted by atomic mass is 10.0. The van der Waals surface area contributed by atoms with E-state index in [9.17, 15) is 19.4 Å². The second kappa shape index (κ2) is 39.7. The molecule has 0 aliphatic rings. The number of rotatable bonds is 41. The van der Waals surface area contributed by atoms with Gasteiger partial charge in [0.25, 0.3) is 0 Å². The normalized spacial score (nSPS) is 14.3. The molecule has 0 bridgehead atoms. The highest BCUT2D eigenvalue weighted by Gasteiger charge is 2.26. The smallest absolute Gasteiger partial charge is 0.387 e. The number of hydrogen-bond donors (Lipinski definition) is 4. The van der Waals surface area contributed by atoms with Crippen LogP contribution >= 0.6 is 7.82 Å². The van der Waals surface area contributed by atoms with Crippen molar-refractivity contribution < 1.29 is 28.4 Å². The number of phosphoric ester groups is 1. The van der Waals surface area contributed by atoms with Crippen LogP contribution in [0.25, 0.3) is 0 Å². The van der Waals surface area contributed by atoms with Crippen LogP contribution in [0.2, 0.25) is 0 Å². The van der Waals surface area contributed by atoms with Gasteiger partial charge in [-0.25, -0.2) is 4.57 Å². The first-order chi connectivity index (χ1) is 25.4. The zero-order valence-electron chi connectivity index (χ0n) is 34.1. The van der Waals surface area contributed by atoms with E-state index in [0.29, 0.717) is 6.42 Å². The number of aliphatic hydroxyl groups excluding tert-OH is 1. The number of carbonyl (C=O) groups excluding carboxylic acids is 1. The lowest BCUT2D eigenvalue weighted by Crippen LogP contribution is -2.45. The molecule has 0 heterocycles. The van der Waals surface area contributed by atoms with Crippen LogP contribution in [-0.2, 0) is 18.4 Å². The van der Waals surface area contributed by atoms with Crippen LogP contribution in [0.3, 0.4) is 0 Å². The number of amides is 1. The van der Waals surface area contributed by atoms with Crippen molar-refractivity contribution in [2.75, 3.05) is 19.8 Å². The first-order valence-corrected chi connectivity index (χ1v) is 23.5. The average molecular weight is 757 g/mol. The van der Waals surface area contributed by atoms with E-state index in [2.05, 4.69) is 31.3 Å².